The summed E-state index contributed by atoms with van der Waals surface area (Å²) in [5.41, 5.74) is 1.76. The molecule has 1 heterocycles. The second-order valence-corrected chi connectivity index (χ2v) is 7.80. The van der Waals surface area contributed by atoms with Crippen LogP contribution in [0.3, 0.4) is 0 Å². The first-order valence-corrected chi connectivity index (χ1v) is 10.6. The molecule has 29 heavy (non-hydrogen) atoms. The molecule has 0 saturated carbocycles. The Hall–Kier alpha value is -2.51. The Morgan fingerprint density at radius 3 is 2.66 bits per heavy atom. The summed E-state index contributed by atoms with van der Waals surface area (Å²) >= 11 is 1.32. The van der Waals surface area contributed by atoms with Gasteiger partial charge in [0.25, 0.3) is 5.91 Å². The number of rotatable bonds is 9. The van der Waals surface area contributed by atoms with Gasteiger partial charge in [-0.3, -0.25) is 9.69 Å². The Labute approximate surface area is 174 Å². The first kappa shape index (κ1) is 21.2. The van der Waals surface area contributed by atoms with E-state index in [1.807, 2.05) is 31.2 Å². The lowest BCUT2D eigenvalue weighted by atomic mass is 10.2. The van der Waals surface area contributed by atoms with Gasteiger partial charge in [0, 0.05) is 13.1 Å². The molecule has 0 saturated heterocycles. The van der Waals surface area contributed by atoms with Gasteiger partial charge in [-0.1, -0.05) is 37.3 Å². The Kier molecular flexibility index (Phi) is 7.17. The molecule has 2 aromatic carbocycles. The largest absolute Gasteiger partial charge is 0.484 e. The number of carbonyl (C=O) groups is 1. The molecular weight excluding hydrogens is 389 g/mol. The topological polar surface area (TPSA) is 45.7 Å². The summed E-state index contributed by atoms with van der Waals surface area (Å²) in [6.07, 6.45) is 0. The highest BCUT2D eigenvalue weighted by molar-refractivity contribution is 7.22. The first-order chi connectivity index (χ1) is 14.0. The predicted molar refractivity (Wildman–Crippen MR) is 116 cm³/mol. The number of ether oxygens (including phenoxy) is 1. The molecule has 0 fully saturated rings. The van der Waals surface area contributed by atoms with E-state index >= 15 is 0 Å². The van der Waals surface area contributed by atoms with Crippen molar-refractivity contribution in [3.8, 4) is 5.75 Å². The van der Waals surface area contributed by atoms with Crippen molar-refractivity contribution < 1.29 is 13.9 Å². The van der Waals surface area contributed by atoms with Crippen LogP contribution in [0.2, 0.25) is 0 Å². The number of hydrogen-bond donors (Lipinski definition) is 0. The van der Waals surface area contributed by atoms with E-state index in [0.717, 1.165) is 29.9 Å². The van der Waals surface area contributed by atoms with Crippen molar-refractivity contribution in [2.24, 2.45) is 0 Å². The number of benzene rings is 2. The normalized spacial score (nSPS) is 11.2. The van der Waals surface area contributed by atoms with Gasteiger partial charge in [0.15, 0.2) is 11.7 Å². The quantitative estimate of drug-likeness (QED) is 0.516. The molecule has 0 spiro atoms. The van der Waals surface area contributed by atoms with E-state index in [9.17, 15) is 9.18 Å². The van der Waals surface area contributed by atoms with Crippen LogP contribution in [-0.4, -0.2) is 48.6 Å². The van der Waals surface area contributed by atoms with Crippen LogP contribution in [0, 0.1) is 12.7 Å². The Balaban J connectivity index is 1.79. The van der Waals surface area contributed by atoms with Crippen LogP contribution in [-0.2, 0) is 4.79 Å². The van der Waals surface area contributed by atoms with E-state index in [4.69, 9.17) is 4.74 Å². The van der Waals surface area contributed by atoms with E-state index in [-0.39, 0.29) is 18.3 Å². The molecule has 0 radical (unpaired) electrons. The number of aryl methyl sites for hydroxylation is 1. The summed E-state index contributed by atoms with van der Waals surface area (Å²) in [6.45, 7) is 9.13. The van der Waals surface area contributed by atoms with Crippen LogP contribution < -0.4 is 9.64 Å². The van der Waals surface area contributed by atoms with Crippen molar-refractivity contribution in [1.82, 2.24) is 9.88 Å². The molecule has 3 rings (SSSR count). The van der Waals surface area contributed by atoms with Crippen LogP contribution in [0.15, 0.2) is 42.5 Å². The third-order valence-electron chi connectivity index (χ3n) is 4.76. The van der Waals surface area contributed by atoms with Crippen molar-refractivity contribution in [2.45, 2.75) is 20.8 Å². The maximum Gasteiger partial charge on any atom is 0.266 e. The first-order valence-electron chi connectivity index (χ1n) is 9.78. The van der Waals surface area contributed by atoms with Gasteiger partial charge in [0.05, 0.1) is 10.2 Å². The zero-order valence-electron chi connectivity index (χ0n) is 17.0. The minimum absolute atomic E-state index is 0.0774. The van der Waals surface area contributed by atoms with E-state index in [2.05, 4.69) is 23.7 Å². The number of aromatic nitrogens is 1. The third kappa shape index (κ3) is 5.52. The minimum atomic E-state index is -0.309. The average Bonchev–Trinajstić information content (AvgIpc) is 3.12. The fourth-order valence-electron chi connectivity index (χ4n) is 3.04. The van der Waals surface area contributed by atoms with Gasteiger partial charge in [-0.15, -0.1) is 0 Å². The smallest absolute Gasteiger partial charge is 0.266 e. The number of hydrogen-bond acceptors (Lipinski definition) is 5. The van der Waals surface area contributed by atoms with E-state index < -0.39 is 0 Å². The van der Waals surface area contributed by atoms with Crippen LogP contribution in [0.25, 0.3) is 10.2 Å². The standard InChI is InChI=1S/C22H26FN3O2S/c1-4-25(5-2)11-12-26(21(27)15-28-18-8-6-7-16(3)13-18)22-24-19-10-9-17(23)14-20(19)29-22/h6-10,13-14H,4-5,11-12,15H2,1-3H3. The van der Waals surface area contributed by atoms with Crippen molar-refractivity contribution in [3.63, 3.8) is 0 Å². The fraction of sp³-hybridized carbons (Fsp3) is 0.364. The molecule has 0 aliphatic rings. The number of thiazole rings is 1. The lowest BCUT2D eigenvalue weighted by Gasteiger charge is -2.24. The zero-order valence-corrected chi connectivity index (χ0v) is 17.8. The average molecular weight is 416 g/mol. The SMILES string of the molecule is CCN(CC)CCN(C(=O)COc1cccc(C)c1)c1nc2ccc(F)cc2s1. The molecule has 0 N–H and O–H groups in total. The van der Waals surface area contributed by atoms with Gasteiger partial charge < -0.3 is 9.64 Å². The number of likely N-dealkylation sites (N-methyl/N-ethyl adjacent to an activating group) is 1. The van der Waals surface area contributed by atoms with Crippen molar-refractivity contribution in [2.75, 3.05) is 37.7 Å². The maximum absolute atomic E-state index is 13.6. The molecule has 1 amide bonds. The number of halogens is 1. The number of fused-ring (bicyclic) bond motifs is 1. The summed E-state index contributed by atoms with van der Waals surface area (Å²) in [7, 11) is 0. The molecule has 0 unspecified atom stereocenters. The molecule has 0 aliphatic heterocycles. The number of carbonyl (C=O) groups excluding carboxylic acids is 1. The van der Waals surface area contributed by atoms with Crippen molar-refractivity contribution in [3.05, 3.63) is 53.8 Å². The Morgan fingerprint density at radius 2 is 1.93 bits per heavy atom. The van der Waals surface area contributed by atoms with Crippen LogP contribution in [0.4, 0.5) is 9.52 Å². The highest BCUT2D eigenvalue weighted by Gasteiger charge is 2.21. The minimum Gasteiger partial charge on any atom is -0.484 e. The molecule has 5 nitrogen and oxygen atoms in total. The molecule has 0 aliphatic carbocycles. The van der Waals surface area contributed by atoms with Gasteiger partial charge in [0.2, 0.25) is 0 Å². The van der Waals surface area contributed by atoms with Crippen molar-refractivity contribution in [1.29, 1.82) is 0 Å². The molecule has 7 heteroatoms. The second kappa shape index (κ2) is 9.80. The van der Waals surface area contributed by atoms with E-state index in [0.29, 0.717) is 22.9 Å². The number of nitrogens with zero attached hydrogens (tertiary/aromatic N) is 3. The molecular formula is C22H26FN3O2S. The molecule has 0 atom stereocenters. The predicted octanol–water partition coefficient (Wildman–Crippen LogP) is 4.50. The summed E-state index contributed by atoms with van der Waals surface area (Å²) in [5.74, 6) is 0.183. The monoisotopic (exact) mass is 415 g/mol. The number of anilines is 1. The van der Waals surface area contributed by atoms with Crippen LogP contribution >= 0.6 is 11.3 Å². The van der Waals surface area contributed by atoms with Crippen LogP contribution in [0.1, 0.15) is 19.4 Å². The fourth-order valence-corrected chi connectivity index (χ4v) is 4.07. The molecule has 154 valence electrons. The third-order valence-corrected chi connectivity index (χ3v) is 5.80. The lowest BCUT2D eigenvalue weighted by Crippen LogP contribution is -2.41. The number of amides is 1. The molecule has 1 aromatic heterocycles. The van der Waals surface area contributed by atoms with Gasteiger partial charge in [0.1, 0.15) is 11.6 Å². The lowest BCUT2D eigenvalue weighted by molar-refractivity contribution is -0.120. The Bertz CT molecular complexity index is 972. The highest BCUT2D eigenvalue weighted by Crippen LogP contribution is 2.29. The highest BCUT2D eigenvalue weighted by atomic mass is 32.1. The van der Waals surface area contributed by atoms with Gasteiger partial charge >= 0.3 is 0 Å². The van der Waals surface area contributed by atoms with Gasteiger partial charge in [-0.25, -0.2) is 9.37 Å². The van der Waals surface area contributed by atoms with Gasteiger partial charge in [-0.05, 0) is 55.9 Å². The summed E-state index contributed by atoms with van der Waals surface area (Å²) in [4.78, 5) is 21.5. The summed E-state index contributed by atoms with van der Waals surface area (Å²) in [5, 5.41) is 0.565. The maximum atomic E-state index is 13.6. The Morgan fingerprint density at radius 1 is 1.14 bits per heavy atom. The summed E-state index contributed by atoms with van der Waals surface area (Å²) in [6, 6.07) is 12.1. The zero-order chi connectivity index (χ0) is 20.8. The van der Waals surface area contributed by atoms with Crippen molar-refractivity contribution >= 4 is 32.6 Å². The summed E-state index contributed by atoms with van der Waals surface area (Å²) < 4.78 is 20.0. The van der Waals surface area contributed by atoms with Crippen LogP contribution in [0.5, 0.6) is 5.75 Å². The molecule has 0 bridgehead atoms. The van der Waals surface area contributed by atoms with E-state index in [1.165, 1.54) is 23.5 Å². The second-order valence-electron chi connectivity index (χ2n) is 6.79. The van der Waals surface area contributed by atoms with E-state index in [1.54, 1.807) is 11.0 Å². The van der Waals surface area contributed by atoms with Gasteiger partial charge in [-0.2, -0.15) is 0 Å². The molecule has 3 aromatic rings.